The third-order valence-corrected chi connectivity index (χ3v) is 3.85. The van der Waals surface area contributed by atoms with Gasteiger partial charge in [-0.15, -0.1) is 0 Å². The number of nitrogens with zero attached hydrogens (tertiary/aromatic N) is 1. The van der Waals surface area contributed by atoms with Crippen LogP contribution in [0.15, 0.2) is 40.9 Å². The molecule has 0 radical (unpaired) electrons. The molecule has 1 aromatic carbocycles. The summed E-state index contributed by atoms with van der Waals surface area (Å²) in [6.45, 7) is 2.58. The number of carbonyl (C=O) groups excluding carboxylic acids is 2. The van der Waals surface area contributed by atoms with Crippen LogP contribution < -0.4 is 16.0 Å². The van der Waals surface area contributed by atoms with E-state index in [-0.39, 0.29) is 11.8 Å². The number of amides is 3. The molecule has 0 bridgehead atoms. The summed E-state index contributed by atoms with van der Waals surface area (Å²) in [5, 5.41) is 11.8. The third kappa shape index (κ3) is 3.50. The van der Waals surface area contributed by atoms with E-state index in [1.807, 2.05) is 37.3 Å². The van der Waals surface area contributed by atoms with Crippen molar-refractivity contribution in [2.45, 2.75) is 19.4 Å². The number of hydrogen-bond donors (Lipinski definition) is 3. The molecule has 23 heavy (non-hydrogen) atoms. The van der Waals surface area contributed by atoms with Gasteiger partial charge in [-0.05, 0) is 12.3 Å². The Kier molecular flexibility index (Phi) is 4.27. The standard InChI is InChI=1S/C16H18N4O3/c1-10-7-8-17-15(21)14(10)19-16(22)18-13-9-12(23-20-13)11-5-3-2-4-6-11/h2-6,9-10,14H,7-8H2,1H3,(H,17,21)(H2,18,19,20,22)/t10-,14-/m0/s1. The molecule has 120 valence electrons. The lowest BCUT2D eigenvalue weighted by Crippen LogP contribution is -2.55. The highest BCUT2D eigenvalue weighted by atomic mass is 16.5. The molecule has 2 aromatic rings. The molecule has 3 N–H and O–H groups in total. The van der Waals surface area contributed by atoms with Gasteiger partial charge in [0.2, 0.25) is 5.91 Å². The van der Waals surface area contributed by atoms with E-state index in [2.05, 4.69) is 21.1 Å². The largest absolute Gasteiger partial charge is 0.354 e. The lowest BCUT2D eigenvalue weighted by Gasteiger charge is -2.28. The van der Waals surface area contributed by atoms with Crippen LogP contribution >= 0.6 is 0 Å². The Balaban J connectivity index is 1.62. The van der Waals surface area contributed by atoms with Gasteiger partial charge in [-0.25, -0.2) is 4.79 Å². The Bertz CT molecular complexity index is 698. The minimum atomic E-state index is -0.538. The first kappa shape index (κ1) is 15.1. The van der Waals surface area contributed by atoms with Gasteiger partial charge in [-0.3, -0.25) is 10.1 Å². The van der Waals surface area contributed by atoms with Crippen molar-refractivity contribution in [2.24, 2.45) is 5.92 Å². The van der Waals surface area contributed by atoms with Crippen LogP contribution in [0.25, 0.3) is 11.3 Å². The summed E-state index contributed by atoms with van der Waals surface area (Å²) < 4.78 is 5.21. The summed E-state index contributed by atoms with van der Waals surface area (Å²) in [5.41, 5.74) is 0.869. The van der Waals surface area contributed by atoms with Crippen LogP contribution in [-0.2, 0) is 4.79 Å². The molecule has 3 rings (SSSR count). The molecule has 7 heteroatoms. The Hall–Kier alpha value is -2.83. The van der Waals surface area contributed by atoms with Crippen LogP contribution in [0.2, 0.25) is 0 Å². The van der Waals surface area contributed by atoms with Crippen molar-refractivity contribution in [3.8, 4) is 11.3 Å². The van der Waals surface area contributed by atoms with Crippen LogP contribution in [0.1, 0.15) is 13.3 Å². The lowest BCUT2D eigenvalue weighted by molar-refractivity contribution is -0.125. The Morgan fingerprint density at radius 2 is 2.13 bits per heavy atom. The SMILES string of the molecule is C[C@H]1CCNC(=O)[C@H]1NC(=O)Nc1cc(-c2ccccc2)on1. The number of benzene rings is 1. The zero-order valence-electron chi connectivity index (χ0n) is 12.7. The summed E-state index contributed by atoms with van der Waals surface area (Å²) in [5.74, 6) is 0.783. The van der Waals surface area contributed by atoms with Crippen molar-refractivity contribution in [2.75, 3.05) is 11.9 Å². The van der Waals surface area contributed by atoms with Crippen molar-refractivity contribution < 1.29 is 14.1 Å². The quantitative estimate of drug-likeness (QED) is 0.807. The maximum absolute atomic E-state index is 12.0. The molecular formula is C16H18N4O3. The van der Waals surface area contributed by atoms with Crippen molar-refractivity contribution in [3.63, 3.8) is 0 Å². The molecular weight excluding hydrogens is 296 g/mol. The second-order valence-corrected chi connectivity index (χ2v) is 5.58. The van der Waals surface area contributed by atoms with Gasteiger partial charge in [0.1, 0.15) is 6.04 Å². The Labute approximate surface area is 133 Å². The van der Waals surface area contributed by atoms with Crippen molar-refractivity contribution >= 4 is 17.8 Å². The fourth-order valence-electron chi connectivity index (χ4n) is 2.53. The third-order valence-electron chi connectivity index (χ3n) is 3.85. The van der Waals surface area contributed by atoms with Crippen molar-refractivity contribution in [3.05, 3.63) is 36.4 Å². The van der Waals surface area contributed by atoms with E-state index in [9.17, 15) is 9.59 Å². The second kappa shape index (κ2) is 6.51. The topological polar surface area (TPSA) is 96.3 Å². The molecule has 0 unspecified atom stereocenters. The van der Waals surface area contributed by atoms with E-state index in [0.29, 0.717) is 18.1 Å². The molecule has 0 spiro atoms. The van der Waals surface area contributed by atoms with Crippen molar-refractivity contribution in [1.29, 1.82) is 0 Å². The van der Waals surface area contributed by atoms with Gasteiger partial charge in [0.25, 0.3) is 0 Å². The summed E-state index contributed by atoms with van der Waals surface area (Å²) >= 11 is 0. The van der Waals surface area contributed by atoms with Crippen LogP contribution in [0.3, 0.4) is 0 Å². The smallest absolute Gasteiger partial charge is 0.321 e. The van der Waals surface area contributed by atoms with Crippen molar-refractivity contribution in [1.82, 2.24) is 15.8 Å². The number of piperidine rings is 1. The van der Waals surface area contributed by atoms with Crippen LogP contribution in [0.4, 0.5) is 10.6 Å². The zero-order valence-corrected chi connectivity index (χ0v) is 12.7. The summed E-state index contributed by atoms with van der Waals surface area (Å²) in [6.07, 6.45) is 0.832. The van der Waals surface area contributed by atoms with Crippen LogP contribution in [0, 0.1) is 5.92 Å². The predicted molar refractivity (Wildman–Crippen MR) is 84.7 cm³/mol. The maximum atomic E-state index is 12.0. The van der Waals surface area contributed by atoms with Gasteiger partial charge in [0, 0.05) is 18.2 Å². The summed E-state index contributed by atoms with van der Waals surface area (Å²) in [6, 6.07) is 10.1. The fourth-order valence-corrected chi connectivity index (χ4v) is 2.53. The van der Waals surface area contributed by atoms with Gasteiger partial charge in [-0.1, -0.05) is 42.4 Å². The molecule has 1 saturated heterocycles. The first-order valence-electron chi connectivity index (χ1n) is 7.51. The van der Waals surface area contributed by atoms with E-state index < -0.39 is 12.1 Å². The van der Waals surface area contributed by atoms with Crippen LogP contribution in [-0.4, -0.2) is 29.7 Å². The molecule has 1 aliphatic rings. The number of aromatic nitrogens is 1. The molecule has 7 nitrogen and oxygen atoms in total. The lowest BCUT2D eigenvalue weighted by atomic mass is 9.94. The van der Waals surface area contributed by atoms with Gasteiger partial charge in [-0.2, -0.15) is 0 Å². The number of anilines is 1. The number of rotatable bonds is 3. The van der Waals surface area contributed by atoms with E-state index in [4.69, 9.17) is 4.52 Å². The number of hydrogen-bond acceptors (Lipinski definition) is 4. The molecule has 3 amide bonds. The molecule has 0 aliphatic carbocycles. The molecule has 2 heterocycles. The van der Waals surface area contributed by atoms with Gasteiger partial charge in [0.05, 0.1) is 0 Å². The summed E-state index contributed by atoms with van der Waals surface area (Å²) in [7, 11) is 0. The number of urea groups is 1. The van der Waals surface area contributed by atoms with Gasteiger partial charge >= 0.3 is 6.03 Å². The van der Waals surface area contributed by atoms with Gasteiger partial charge in [0.15, 0.2) is 11.6 Å². The molecule has 1 aliphatic heterocycles. The first-order valence-corrected chi connectivity index (χ1v) is 7.51. The van der Waals surface area contributed by atoms with Gasteiger partial charge < -0.3 is 15.2 Å². The minimum absolute atomic E-state index is 0.0895. The van der Waals surface area contributed by atoms with E-state index in [0.717, 1.165) is 12.0 Å². The maximum Gasteiger partial charge on any atom is 0.321 e. The predicted octanol–water partition coefficient (Wildman–Crippen LogP) is 1.99. The summed E-state index contributed by atoms with van der Waals surface area (Å²) in [4.78, 5) is 23.8. The zero-order chi connectivity index (χ0) is 16.2. The average molecular weight is 314 g/mol. The van der Waals surface area contributed by atoms with E-state index in [1.54, 1.807) is 6.07 Å². The molecule has 0 saturated carbocycles. The highest BCUT2D eigenvalue weighted by molar-refractivity contribution is 5.93. The van der Waals surface area contributed by atoms with Crippen LogP contribution in [0.5, 0.6) is 0 Å². The Morgan fingerprint density at radius 1 is 1.35 bits per heavy atom. The second-order valence-electron chi connectivity index (χ2n) is 5.58. The molecule has 1 fully saturated rings. The first-order chi connectivity index (χ1) is 11.1. The number of carbonyl (C=O) groups is 2. The fraction of sp³-hybridized carbons (Fsp3) is 0.312. The normalized spacial score (nSPS) is 20.7. The van der Waals surface area contributed by atoms with E-state index >= 15 is 0 Å². The average Bonchev–Trinajstić information content (AvgIpc) is 3.00. The highest BCUT2D eigenvalue weighted by Crippen LogP contribution is 2.22. The number of nitrogens with one attached hydrogen (secondary N) is 3. The minimum Gasteiger partial charge on any atom is -0.354 e. The Morgan fingerprint density at radius 3 is 2.87 bits per heavy atom. The molecule has 1 aromatic heterocycles. The molecule has 2 atom stereocenters. The highest BCUT2D eigenvalue weighted by Gasteiger charge is 2.30. The van der Waals surface area contributed by atoms with E-state index in [1.165, 1.54) is 0 Å². The monoisotopic (exact) mass is 314 g/mol.